The minimum atomic E-state index is 0.317. The molecule has 0 radical (unpaired) electrons. The van der Waals surface area contributed by atoms with E-state index in [1.165, 1.54) is 12.1 Å². The topological polar surface area (TPSA) is 35.6 Å². The molecule has 20 heavy (non-hydrogen) atoms. The molecular formula is C16H23N3O. The van der Waals surface area contributed by atoms with Crippen LogP contribution in [0.1, 0.15) is 19.3 Å². The number of nitrogens with zero attached hydrogens (tertiary/aromatic N) is 2. The predicted octanol–water partition coefficient (Wildman–Crippen LogP) is 1.48. The summed E-state index contributed by atoms with van der Waals surface area (Å²) >= 11 is 0. The fraction of sp³-hybridized carbons (Fsp3) is 0.562. The van der Waals surface area contributed by atoms with Crippen LogP contribution in [0.25, 0.3) is 0 Å². The van der Waals surface area contributed by atoms with Gasteiger partial charge in [-0.05, 0) is 31.5 Å². The molecule has 2 saturated heterocycles. The summed E-state index contributed by atoms with van der Waals surface area (Å²) in [4.78, 5) is 16.7. The average molecular weight is 273 g/mol. The second kappa shape index (κ2) is 6.27. The summed E-state index contributed by atoms with van der Waals surface area (Å²) in [6.45, 7) is 4.64. The van der Waals surface area contributed by atoms with Crippen molar-refractivity contribution in [1.29, 1.82) is 0 Å². The van der Waals surface area contributed by atoms with Crippen LogP contribution in [0.15, 0.2) is 30.3 Å². The number of carbonyl (C=O) groups excluding carboxylic acids is 1. The lowest BCUT2D eigenvalue weighted by atomic mass is 10.1. The minimum absolute atomic E-state index is 0.317. The van der Waals surface area contributed by atoms with Crippen LogP contribution in [0.2, 0.25) is 0 Å². The highest BCUT2D eigenvalue weighted by Crippen LogP contribution is 2.17. The molecule has 2 heterocycles. The van der Waals surface area contributed by atoms with Crippen molar-refractivity contribution in [3.05, 3.63) is 30.3 Å². The van der Waals surface area contributed by atoms with Gasteiger partial charge in [0.2, 0.25) is 5.91 Å². The Kier molecular flexibility index (Phi) is 4.21. The molecule has 108 valence electrons. The van der Waals surface area contributed by atoms with Crippen LogP contribution in [0.4, 0.5) is 5.69 Å². The Balaban J connectivity index is 1.49. The third-order valence-corrected chi connectivity index (χ3v) is 4.34. The van der Waals surface area contributed by atoms with Crippen LogP contribution in [0, 0.1) is 0 Å². The maximum atomic E-state index is 12.3. The van der Waals surface area contributed by atoms with Gasteiger partial charge in [-0.25, -0.2) is 0 Å². The van der Waals surface area contributed by atoms with Gasteiger partial charge in [-0.1, -0.05) is 18.2 Å². The lowest BCUT2D eigenvalue weighted by Crippen LogP contribution is -2.49. The summed E-state index contributed by atoms with van der Waals surface area (Å²) in [5.74, 6) is 0.317. The summed E-state index contributed by atoms with van der Waals surface area (Å²) in [5.41, 5.74) is 1.26. The zero-order chi connectivity index (χ0) is 13.8. The second-order valence-corrected chi connectivity index (χ2v) is 5.70. The highest BCUT2D eigenvalue weighted by Gasteiger charge is 2.24. The molecule has 0 saturated carbocycles. The largest absolute Gasteiger partial charge is 0.368 e. The van der Waals surface area contributed by atoms with Gasteiger partial charge in [0.05, 0.1) is 0 Å². The maximum absolute atomic E-state index is 12.3. The summed E-state index contributed by atoms with van der Waals surface area (Å²) in [6.07, 6.45) is 3.03. The highest BCUT2D eigenvalue weighted by molar-refractivity contribution is 5.77. The fourth-order valence-corrected chi connectivity index (χ4v) is 3.12. The van der Waals surface area contributed by atoms with E-state index in [9.17, 15) is 4.79 Å². The van der Waals surface area contributed by atoms with Gasteiger partial charge in [-0.15, -0.1) is 0 Å². The standard InChI is InChI=1S/C16H23N3O/c20-16(13-14-5-4-8-17-14)19-11-9-18(10-12-19)15-6-2-1-3-7-15/h1-3,6-7,14,17H,4-5,8-13H2. The third kappa shape index (κ3) is 3.12. The first kappa shape index (κ1) is 13.4. The number of piperazine rings is 1. The second-order valence-electron chi connectivity index (χ2n) is 5.70. The first-order valence-corrected chi connectivity index (χ1v) is 7.64. The molecule has 1 amide bonds. The van der Waals surface area contributed by atoms with Gasteiger partial charge >= 0.3 is 0 Å². The van der Waals surface area contributed by atoms with Gasteiger partial charge in [0.1, 0.15) is 0 Å². The Morgan fingerprint density at radius 2 is 1.90 bits per heavy atom. The molecule has 2 aliphatic heterocycles. The van der Waals surface area contributed by atoms with Crippen molar-refractivity contribution in [2.75, 3.05) is 37.6 Å². The molecule has 2 aliphatic rings. The molecule has 1 aromatic carbocycles. The van der Waals surface area contributed by atoms with Crippen molar-refractivity contribution >= 4 is 11.6 Å². The summed E-state index contributed by atoms with van der Waals surface area (Å²) in [7, 11) is 0. The summed E-state index contributed by atoms with van der Waals surface area (Å²) < 4.78 is 0. The van der Waals surface area contributed by atoms with E-state index in [1.54, 1.807) is 0 Å². The van der Waals surface area contributed by atoms with E-state index in [2.05, 4.69) is 34.5 Å². The van der Waals surface area contributed by atoms with E-state index in [4.69, 9.17) is 0 Å². The van der Waals surface area contributed by atoms with Crippen LogP contribution >= 0.6 is 0 Å². The van der Waals surface area contributed by atoms with Crippen LogP contribution in [-0.2, 0) is 4.79 Å². The van der Waals surface area contributed by atoms with E-state index in [0.29, 0.717) is 18.4 Å². The third-order valence-electron chi connectivity index (χ3n) is 4.34. The van der Waals surface area contributed by atoms with Crippen LogP contribution < -0.4 is 10.2 Å². The molecule has 0 aliphatic carbocycles. The van der Waals surface area contributed by atoms with Gasteiger partial charge in [0, 0.05) is 44.3 Å². The molecule has 1 atom stereocenters. The molecule has 0 spiro atoms. The lowest BCUT2D eigenvalue weighted by Gasteiger charge is -2.36. The van der Waals surface area contributed by atoms with Gasteiger partial charge in [0.25, 0.3) is 0 Å². The molecule has 1 unspecified atom stereocenters. The fourth-order valence-electron chi connectivity index (χ4n) is 3.12. The molecule has 3 rings (SSSR count). The zero-order valence-electron chi connectivity index (χ0n) is 11.9. The van der Waals surface area contributed by atoms with Crippen molar-refractivity contribution in [1.82, 2.24) is 10.2 Å². The molecular weight excluding hydrogens is 250 g/mol. The Morgan fingerprint density at radius 1 is 1.15 bits per heavy atom. The average Bonchev–Trinajstić information content (AvgIpc) is 3.01. The van der Waals surface area contributed by atoms with E-state index < -0.39 is 0 Å². The number of para-hydroxylation sites is 1. The monoisotopic (exact) mass is 273 g/mol. The number of anilines is 1. The molecule has 4 heteroatoms. The minimum Gasteiger partial charge on any atom is -0.368 e. The van der Waals surface area contributed by atoms with Gasteiger partial charge in [-0.3, -0.25) is 4.79 Å². The van der Waals surface area contributed by atoms with E-state index in [0.717, 1.165) is 39.1 Å². The molecule has 2 fully saturated rings. The first-order valence-electron chi connectivity index (χ1n) is 7.64. The van der Waals surface area contributed by atoms with Crippen LogP contribution in [0.3, 0.4) is 0 Å². The Hall–Kier alpha value is -1.55. The molecule has 1 aromatic rings. The normalized spacial score (nSPS) is 23.1. The number of amides is 1. The van der Waals surface area contributed by atoms with E-state index in [-0.39, 0.29) is 0 Å². The number of nitrogens with one attached hydrogen (secondary N) is 1. The van der Waals surface area contributed by atoms with Gasteiger partial charge in [-0.2, -0.15) is 0 Å². The van der Waals surface area contributed by atoms with Crippen molar-refractivity contribution in [2.24, 2.45) is 0 Å². The predicted molar refractivity (Wildman–Crippen MR) is 80.9 cm³/mol. The van der Waals surface area contributed by atoms with Crippen molar-refractivity contribution < 1.29 is 4.79 Å². The molecule has 0 bridgehead atoms. The zero-order valence-corrected chi connectivity index (χ0v) is 11.9. The van der Waals surface area contributed by atoms with Crippen LogP contribution in [-0.4, -0.2) is 49.6 Å². The highest BCUT2D eigenvalue weighted by atomic mass is 16.2. The number of hydrogen-bond acceptors (Lipinski definition) is 3. The molecule has 4 nitrogen and oxygen atoms in total. The summed E-state index contributed by atoms with van der Waals surface area (Å²) in [6, 6.07) is 10.9. The molecule has 0 aromatic heterocycles. The van der Waals surface area contributed by atoms with Gasteiger partial charge < -0.3 is 15.1 Å². The number of benzene rings is 1. The number of carbonyl (C=O) groups is 1. The number of rotatable bonds is 3. The van der Waals surface area contributed by atoms with E-state index in [1.807, 2.05) is 11.0 Å². The van der Waals surface area contributed by atoms with Crippen LogP contribution in [0.5, 0.6) is 0 Å². The van der Waals surface area contributed by atoms with Crippen molar-refractivity contribution in [3.8, 4) is 0 Å². The summed E-state index contributed by atoms with van der Waals surface area (Å²) in [5, 5.41) is 3.40. The Labute approximate surface area is 120 Å². The number of hydrogen-bond donors (Lipinski definition) is 1. The first-order chi connectivity index (χ1) is 9.83. The quantitative estimate of drug-likeness (QED) is 0.906. The molecule has 1 N–H and O–H groups in total. The maximum Gasteiger partial charge on any atom is 0.224 e. The SMILES string of the molecule is O=C(CC1CCCN1)N1CCN(c2ccccc2)CC1. The Morgan fingerprint density at radius 3 is 2.55 bits per heavy atom. The van der Waals surface area contributed by atoms with Gasteiger partial charge in [0.15, 0.2) is 0 Å². The van der Waals surface area contributed by atoms with Crippen molar-refractivity contribution in [2.45, 2.75) is 25.3 Å². The van der Waals surface area contributed by atoms with Crippen molar-refractivity contribution in [3.63, 3.8) is 0 Å². The van der Waals surface area contributed by atoms with E-state index >= 15 is 0 Å². The Bertz CT molecular complexity index is 434. The lowest BCUT2D eigenvalue weighted by molar-refractivity contribution is -0.131. The smallest absolute Gasteiger partial charge is 0.224 e.